The molecular formula is C19H17ClF2N4O3S. The van der Waals surface area contributed by atoms with Crippen molar-refractivity contribution in [3.8, 4) is 5.75 Å². The molecule has 7 nitrogen and oxygen atoms in total. The van der Waals surface area contributed by atoms with Crippen molar-refractivity contribution in [2.45, 2.75) is 37.1 Å². The van der Waals surface area contributed by atoms with Crippen molar-refractivity contribution in [3.63, 3.8) is 0 Å². The summed E-state index contributed by atoms with van der Waals surface area (Å²) < 4.78 is 36.3. The van der Waals surface area contributed by atoms with Crippen LogP contribution in [-0.4, -0.2) is 33.0 Å². The number of carbonyl (C=O) groups is 1. The fourth-order valence-corrected chi connectivity index (χ4v) is 3.82. The lowest BCUT2D eigenvalue weighted by atomic mass is 10.3. The molecule has 0 radical (unpaired) electrons. The van der Waals surface area contributed by atoms with Gasteiger partial charge in [-0.15, -0.1) is 10.2 Å². The fraction of sp³-hybridized carbons (Fsp3) is 0.316. The Labute approximate surface area is 179 Å². The molecule has 0 unspecified atom stereocenters. The number of anilines is 1. The largest absolute Gasteiger partial charge is 0.467 e. The van der Waals surface area contributed by atoms with Crippen LogP contribution in [0.4, 0.5) is 14.5 Å². The highest BCUT2D eigenvalue weighted by atomic mass is 35.5. The second kappa shape index (κ2) is 9.05. The number of aromatic nitrogens is 3. The summed E-state index contributed by atoms with van der Waals surface area (Å²) in [7, 11) is 0. The molecule has 0 aliphatic heterocycles. The Morgan fingerprint density at radius 2 is 2.20 bits per heavy atom. The highest BCUT2D eigenvalue weighted by Crippen LogP contribution is 2.40. The van der Waals surface area contributed by atoms with Crippen molar-refractivity contribution in [3.05, 3.63) is 53.2 Å². The van der Waals surface area contributed by atoms with Gasteiger partial charge in [0, 0.05) is 11.6 Å². The molecule has 2 aromatic heterocycles. The molecule has 1 amide bonds. The van der Waals surface area contributed by atoms with Gasteiger partial charge in [0.15, 0.2) is 5.16 Å². The van der Waals surface area contributed by atoms with Gasteiger partial charge in [-0.25, -0.2) is 0 Å². The Bertz CT molecular complexity index is 1020. The molecule has 0 saturated heterocycles. The van der Waals surface area contributed by atoms with Crippen molar-refractivity contribution in [2.24, 2.45) is 0 Å². The fourth-order valence-electron chi connectivity index (χ4n) is 2.85. The van der Waals surface area contributed by atoms with Gasteiger partial charge >= 0.3 is 6.61 Å². The number of benzene rings is 1. The Balaban J connectivity index is 1.39. The molecule has 0 bridgehead atoms. The number of thioether (sulfide) groups is 1. The quantitative estimate of drug-likeness (QED) is 0.468. The minimum Gasteiger partial charge on any atom is -0.467 e. The first kappa shape index (κ1) is 20.7. The van der Waals surface area contributed by atoms with Crippen molar-refractivity contribution < 1.29 is 22.7 Å². The molecule has 30 heavy (non-hydrogen) atoms. The van der Waals surface area contributed by atoms with E-state index in [4.69, 9.17) is 16.0 Å². The van der Waals surface area contributed by atoms with Crippen LogP contribution < -0.4 is 10.1 Å². The van der Waals surface area contributed by atoms with Crippen LogP contribution in [0.25, 0.3) is 0 Å². The SMILES string of the molecule is O=C(CSc1nnc(C2CC2)n1Cc1ccco1)Nc1ccc(OC(F)F)c(Cl)c1. The topological polar surface area (TPSA) is 82.2 Å². The molecule has 1 fully saturated rings. The lowest BCUT2D eigenvalue weighted by molar-refractivity contribution is -0.113. The number of furan rings is 1. The van der Waals surface area contributed by atoms with Gasteiger partial charge in [-0.1, -0.05) is 23.4 Å². The Kier molecular flexibility index (Phi) is 6.24. The summed E-state index contributed by atoms with van der Waals surface area (Å²) >= 11 is 7.17. The number of ether oxygens (including phenoxy) is 1. The van der Waals surface area contributed by atoms with E-state index in [1.165, 1.54) is 30.0 Å². The zero-order valence-electron chi connectivity index (χ0n) is 15.6. The highest BCUT2D eigenvalue weighted by Gasteiger charge is 2.30. The number of hydrogen-bond acceptors (Lipinski definition) is 6. The summed E-state index contributed by atoms with van der Waals surface area (Å²) in [4.78, 5) is 12.3. The number of carbonyl (C=O) groups excluding carboxylic acids is 1. The minimum absolute atomic E-state index is 0.0204. The summed E-state index contributed by atoms with van der Waals surface area (Å²) in [6.07, 6.45) is 3.76. The van der Waals surface area contributed by atoms with E-state index in [1.807, 2.05) is 16.7 Å². The van der Waals surface area contributed by atoms with E-state index in [0.29, 0.717) is 23.3 Å². The van der Waals surface area contributed by atoms with Gasteiger partial charge in [-0.05, 0) is 43.2 Å². The second-order valence-corrected chi connectivity index (χ2v) is 7.99. The van der Waals surface area contributed by atoms with E-state index in [0.717, 1.165) is 24.4 Å². The zero-order valence-corrected chi connectivity index (χ0v) is 17.1. The molecular weight excluding hydrogens is 438 g/mol. The van der Waals surface area contributed by atoms with Crippen molar-refractivity contribution in [1.29, 1.82) is 0 Å². The maximum Gasteiger partial charge on any atom is 0.387 e. The predicted molar refractivity (Wildman–Crippen MR) is 107 cm³/mol. The molecule has 0 atom stereocenters. The van der Waals surface area contributed by atoms with Crippen molar-refractivity contribution in [1.82, 2.24) is 14.8 Å². The first-order valence-corrected chi connectivity index (χ1v) is 10.5. The third-order valence-electron chi connectivity index (χ3n) is 4.35. The van der Waals surface area contributed by atoms with Gasteiger partial charge in [-0.3, -0.25) is 9.36 Å². The average Bonchev–Trinajstić information content (AvgIpc) is 3.26. The molecule has 1 aliphatic rings. The maximum atomic E-state index is 12.3. The van der Waals surface area contributed by atoms with E-state index < -0.39 is 6.61 Å². The van der Waals surface area contributed by atoms with Crippen LogP contribution in [0.5, 0.6) is 5.75 Å². The number of nitrogens with one attached hydrogen (secondary N) is 1. The van der Waals surface area contributed by atoms with Gasteiger partial charge in [0.25, 0.3) is 0 Å². The predicted octanol–water partition coefficient (Wildman–Crippen LogP) is 4.78. The van der Waals surface area contributed by atoms with Gasteiger partial charge in [0.2, 0.25) is 5.91 Å². The molecule has 158 valence electrons. The van der Waals surface area contributed by atoms with Gasteiger partial charge in [0.05, 0.1) is 23.6 Å². The van der Waals surface area contributed by atoms with E-state index in [-0.39, 0.29) is 22.4 Å². The number of amides is 1. The molecule has 4 rings (SSSR count). The zero-order chi connectivity index (χ0) is 21.1. The molecule has 3 aromatic rings. The van der Waals surface area contributed by atoms with Crippen LogP contribution in [0, 0.1) is 0 Å². The third-order valence-corrected chi connectivity index (χ3v) is 5.61. The lowest BCUT2D eigenvalue weighted by Crippen LogP contribution is -2.15. The number of halogens is 3. The summed E-state index contributed by atoms with van der Waals surface area (Å²) in [5, 5.41) is 11.8. The number of alkyl halides is 2. The van der Waals surface area contributed by atoms with Gasteiger partial charge in [0.1, 0.15) is 17.3 Å². The lowest BCUT2D eigenvalue weighted by Gasteiger charge is -2.10. The molecule has 1 aliphatic carbocycles. The van der Waals surface area contributed by atoms with Gasteiger partial charge < -0.3 is 14.5 Å². The number of hydrogen-bond donors (Lipinski definition) is 1. The van der Waals surface area contributed by atoms with Crippen LogP contribution in [-0.2, 0) is 11.3 Å². The van der Waals surface area contributed by atoms with Crippen molar-refractivity contribution in [2.75, 3.05) is 11.1 Å². The average molecular weight is 455 g/mol. The van der Waals surface area contributed by atoms with Crippen LogP contribution in [0.15, 0.2) is 46.2 Å². The molecule has 1 aromatic carbocycles. The molecule has 1 saturated carbocycles. The monoisotopic (exact) mass is 454 g/mol. The van der Waals surface area contributed by atoms with Crippen LogP contribution in [0.2, 0.25) is 5.02 Å². The number of rotatable bonds is 9. The minimum atomic E-state index is -2.97. The summed E-state index contributed by atoms with van der Waals surface area (Å²) in [6.45, 7) is -2.48. The summed E-state index contributed by atoms with van der Waals surface area (Å²) in [6, 6.07) is 7.77. The smallest absolute Gasteiger partial charge is 0.387 e. The van der Waals surface area contributed by atoms with E-state index >= 15 is 0 Å². The normalized spacial score (nSPS) is 13.6. The van der Waals surface area contributed by atoms with Gasteiger partial charge in [-0.2, -0.15) is 8.78 Å². The van der Waals surface area contributed by atoms with Crippen LogP contribution >= 0.6 is 23.4 Å². The summed E-state index contributed by atoms with van der Waals surface area (Å²) in [5.41, 5.74) is 0.378. The standard InChI is InChI=1S/C19H17ClF2N4O3S/c20-14-8-12(5-6-15(14)29-18(21)22)23-16(27)10-30-19-25-24-17(11-3-4-11)26(19)9-13-2-1-7-28-13/h1-2,5-8,11,18H,3-4,9-10H2,(H,23,27). The highest BCUT2D eigenvalue weighted by molar-refractivity contribution is 7.99. The first-order chi connectivity index (χ1) is 14.5. The molecule has 0 spiro atoms. The molecule has 1 N–H and O–H groups in total. The first-order valence-electron chi connectivity index (χ1n) is 9.12. The molecule has 2 heterocycles. The van der Waals surface area contributed by atoms with E-state index in [2.05, 4.69) is 20.3 Å². The van der Waals surface area contributed by atoms with Crippen LogP contribution in [0.3, 0.4) is 0 Å². The van der Waals surface area contributed by atoms with E-state index in [9.17, 15) is 13.6 Å². The summed E-state index contributed by atoms with van der Waals surface area (Å²) in [5.74, 6) is 1.72. The van der Waals surface area contributed by atoms with Crippen LogP contribution in [0.1, 0.15) is 30.3 Å². The second-order valence-electron chi connectivity index (χ2n) is 6.64. The maximum absolute atomic E-state index is 12.3. The molecule has 11 heteroatoms. The van der Waals surface area contributed by atoms with E-state index in [1.54, 1.807) is 6.26 Å². The third kappa shape index (κ3) is 5.11. The number of nitrogens with zero attached hydrogens (tertiary/aromatic N) is 3. The van der Waals surface area contributed by atoms with Crippen molar-refractivity contribution >= 4 is 35.0 Å². The Morgan fingerprint density at radius 3 is 2.87 bits per heavy atom. The Morgan fingerprint density at radius 1 is 1.37 bits per heavy atom. The Hall–Kier alpha value is -2.59.